The van der Waals surface area contributed by atoms with E-state index < -0.39 is 35.2 Å². The van der Waals surface area contributed by atoms with Crippen molar-refractivity contribution in [1.82, 2.24) is 9.88 Å². The van der Waals surface area contributed by atoms with Gasteiger partial charge in [0.05, 0.1) is 17.7 Å². The molecule has 0 aliphatic carbocycles. The number of fused-ring (bicyclic) bond motifs is 1. The first-order chi connectivity index (χ1) is 15.4. The highest BCUT2D eigenvalue weighted by Gasteiger charge is 2.52. The van der Waals surface area contributed by atoms with Crippen LogP contribution in [0.5, 0.6) is 5.75 Å². The molecule has 0 radical (unpaired) electrons. The fraction of sp³-hybridized carbons (Fsp3) is 0.286. The molecule has 2 aliphatic heterocycles. The summed E-state index contributed by atoms with van der Waals surface area (Å²) in [5.74, 6) is -1.21. The summed E-state index contributed by atoms with van der Waals surface area (Å²) in [4.78, 5) is 44.3. The van der Waals surface area contributed by atoms with Crippen molar-refractivity contribution in [2.45, 2.75) is 38.7 Å². The highest BCUT2D eigenvalue weighted by Crippen LogP contribution is 2.37. The number of nitrogens with zero attached hydrogens (tertiary/aromatic N) is 4. The molecular weight excluding hydrogens is 443 g/mol. The molecule has 1 saturated heterocycles. The molecule has 170 valence electrons. The van der Waals surface area contributed by atoms with E-state index in [1.54, 1.807) is 12.1 Å². The summed E-state index contributed by atoms with van der Waals surface area (Å²) >= 11 is 0. The summed E-state index contributed by atoms with van der Waals surface area (Å²) < 4.78 is 41.6. The third kappa shape index (κ3) is 3.82. The van der Waals surface area contributed by atoms with E-state index in [-0.39, 0.29) is 24.6 Å². The van der Waals surface area contributed by atoms with Crippen molar-refractivity contribution in [2.24, 2.45) is 0 Å². The van der Waals surface area contributed by atoms with E-state index in [0.29, 0.717) is 16.9 Å². The van der Waals surface area contributed by atoms with Crippen molar-refractivity contribution < 1.29 is 32.3 Å². The third-order valence-electron chi connectivity index (χ3n) is 5.47. The van der Waals surface area contributed by atoms with Crippen LogP contribution in [0.1, 0.15) is 30.5 Å². The van der Waals surface area contributed by atoms with Gasteiger partial charge in [-0.3, -0.25) is 9.59 Å². The molecule has 1 aromatic carbocycles. The van der Waals surface area contributed by atoms with Gasteiger partial charge in [0.1, 0.15) is 23.2 Å². The van der Waals surface area contributed by atoms with E-state index in [9.17, 15) is 32.8 Å². The summed E-state index contributed by atoms with van der Waals surface area (Å²) in [5, 5.41) is 11.9. The second-order valence-electron chi connectivity index (χ2n) is 7.93. The lowest BCUT2D eigenvalue weighted by molar-refractivity contribution is -0.274. The van der Waals surface area contributed by atoms with Crippen LogP contribution in [0.2, 0.25) is 0 Å². The van der Waals surface area contributed by atoms with Crippen LogP contribution in [0.3, 0.4) is 0 Å². The molecule has 0 bridgehead atoms. The third-order valence-corrected chi connectivity index (χ3v) is 5.47. The number of rotatable bonds is 4. The molecule has 0 atom stereocenters. The minimum absolute atomic E-state index is 0.00569. The zero-order valence-electron chi connectivity index (χ0n) is 17.4. The number of pyridine rings is 1. The number of benzene rings is 1. The van der Waals surface area contributed by atoms with Crippen LogP contribution in [0, 0.1) is 11.3 Å². The molecule has 9 nitrogen and oxygen atoms in total. The summed E-state index contributed by atoms with van der Waals surface area (Å²) in [6.07, 6.45) is -3.44. The van der Waals surface area contributed by atoms with E-state index in [4.69, 9.17) is 0 Å². The van der Waals surface area contributed by atoms with E-state index in [1.165, 1.54) is 24.9 Å². The second kappa shape index (κ2) is 7.47. The number of nitrogens with one attached hydrogen (secondary N) is 1. The van der Waals surface area contributed by atoms with Gasteiger partial charge in [-0.15, -0.1) is 13.2 Å². The number of imide groups is 1. The van der Waals surface area contributed by atoms with Gasteiger partial charge in [-0.2, -0.15) is 5.26 Å². The average Bonchev–Trinajstić information content (AvgIpc) is 3.18. The Morgan fingerprint density at radius 2 is 1.97 bits per heavy atom. The summed E-state index contributed by atoms with van der Waals surface area (Å²) in [6, 6.07) is 5.48. The lowest BCUT2D eigenvalue weighted by atomic mass is 10.0. The highest BCUT2D eigenvalue weighted by atomic mass is 19.4. The largest absolute Gasteiger partial charge is 0.573 e. The summed E-state index contributed by atoms with van der Waals surface area (Å²) in [6.45, 7) is 3.06. The van der Waals surface area contributed by atoms with Crippen molar-refractivity contribution in [3.8, 4) is 11.8 Å². The Labute approximate surface area is 185 Å². The van der Waals surface area contributed by atoms with Crippen molar-refractivity contribution in [3.63, 3.8) is 0 Å². The van der Waals surface area contributed by atoms with Crippen molar-refractivity contribution in [3.05, 3.63) is 47.2 Å². The number of anilines is 2. The first-order valence-electron chi connectivity index (χ1n) is 9.65. The Bertz CT molecular complexity index is 1240. The van der Waals surface area contributed by atoms with Gasteiger partial charge in [-0.05, 0) is 43.7 Å². The van der Waals surface area contributed by atoms with Gasteiger partial charge in [0.15, 0.2) is 0 Å². The monoisotopic (exact) mass is 459 g/mol. The van der Waals surface area contributed by atoms with Gasteiger partial charge >= 0.3 is 12.4 Å². The minimum atomic E-state index is -5.01. The number of nitriles is 1. The number of carbonyl (C=O) groups is 3. The smallest absolute Gasteiger partial charge is 0.404 e. The van der Waals surface area contributed by atoms with Crippen molar-refractivity contribution in [2.75, 3.05) is 10.2 Å². The number of carbonyl (C=O) groups excluding carboxylic acids is 3. The zero-order chi connectivity index (χ0) is 24.1. The number of urea groups is 1. The molecule has 2 aliphatic rings. The van der Waals surface area contributed by atoms with Crippen LogP contribution in [-0.4, -0.2) is 39.6 Å². The number of ether oxygens (including phenoxy) is 1. The topological polar surface area (TPSA) is 116 Å². The molecule has 1 N–H and O–H groups in total. The summed E-state index contributed by atoms with van der Waals surface area (Å²) in [7, 11) is 0. The van der Waals surface area contributed by atoms with E-state index in [2.05, 4.69) is 15.0 Å². The SMILES string of the molecule is CC1(C)C(=O)N(c2ccc(OC(F)(F)F)c(C#N)c2)C(=O)N1Cc1ccnc2c1CC(=O)N2. The Morgan fingerprint density at radius 3 is 2.64 bits per heavy atom. The van der Waals surface area contributed by atoms with Crippen LogP contribution in [-0.2, 0) is 22.6 Å². The van der Waals surface area contributed by atoms with Gasteiger partial charge in [-0.25, -0.2) is 14.7 Å². The molecule has 0 unspecified atom stereocenters. The Kier molecular flexibility index (Phi) is 5.00. The molecule has 1 aromatic heterocycles. The molecule has 1 fully saturated rings. The number of halogens is 3. The molecule has 4 rings (SSSR count). The maximum atomic E-state index is 13.3. The fourth-order valence-electron chi connectivity index (χ4n) is 3.78. The lowest BCUT2D eigenvalue weighted by Gasteiger charge is -2.28. The van der Waals surface area contributed by atoms with Crippen molar-refractivity contribution >= 4 is 29.4 Å². The Morgan fingerprint density at radius 1 is 1.24 bits per heavy atom. The van der Waals surface area contributed by atoms with E-state index in [1.807, 2.05) is 0 Å². The molecule has 0 spiro atoms. The van der Waals surface area contributed by atoms with Gasteiger partial charge in [0, 0.05) is 18.3 Å². The first kappa shape index (κ1) is 22.1. The van der Waals surface area contributed by atoms with Gasteiger partial charge in [0.25, 0.3) is 5.91 Å². The first-order valence-corrected chi connectivity index (χ1v) is 9.65. The number of alkyl halides is 3. The number of hydrogen-bond acceptors (Lipinski definition) is 6. The molecule has 3 heterocycles. The Hall–Kier alpha value is -4.14. The fourth-order valence-corrected chi connectivity index (χ4v) is 3.78. The van der Waals surface area contributed by atoms with E-state index >= 15 is 0 Å². The van der Waals surface area contributed by atoms with Gasteiger partial charge < -0.3 is 15.0 Å². The number of hydrogen-bond donors (Lipinski definition) is 1. The van der Waals surface area contributed by atoms with Crippen LogP contribution in [0.25, 0.3) is 0 Å². The molecule has 4 amide bonds. The predicted octanol–water partition coefficient (Wildman–Crippen LogP) is 3.09. The summed E-state index contributed by atoms with van der Waals surface area (Å²) in [5.41, 5.74) is -0.614. The highest BCUT2D eigenvalue weighted by molar-refractivity contribution is 6.23. The number of amides is 4. The molecule has 2 aromatic rings. The van der Waals surface area contributed by atoms with Crippen molar-refractivity contribution in [1.29, 1.82) is 5.26 Å². The molecular formula is C21H16F3N5O4. The predicted molar refractivity (Wildman–Crippen MR) is 107 cm³/mol. The van der Waals surface area contributed by atoms with Gasteiger partial charge in [0.2, 0.25) is 5.91 Å². The maximum Gasteiger partial charge on any atom is 0.573 e. The lowest BCUT2D eigenvalue weighted by Crippen LogP contribution is -2.43. The van der Waals surface area contributed by atoms with Crippen LogP contribution in [0.4, 0.5) is 29.5 Å². The maximum absolute atomic E-state index is 13.3. The Balaban J connectivity index is 1.67. The zero-order valence-corrected chi connectivity index (χ0v) is 17.4. The molecule has 12 heteroatoms. The molecule has 33 heavy (non-hydrogen) atoms. The number of aromatic nitrogens is 1. The minimum Gasteiger partial charge on any atom is -0.404 e. The van der Waals surface area contributed by atoms with Crippen LogP contribution >= 0.6 is 0 Å². The standard InChI is InChI=1S/C21H16F3N5O4/c1-20(2)18(31)29(13-3-4-15(12(7-13)9-25)33-21(22,23)24)19(32)28(20)10-11-5-6-26-17-14(11)8-16(30)27-17/h3-7H,8,10H2,1-2H3,(H,26,27,30). The van der Waals surface area contributed by atoms with Crippen LogP contribution in [0.15, 0.2) is 30.5 Å². The average molecular weight is 459 g/mol. The van der Waals surface area contributed by atoms with Gasteiger partial charge in [-0.1, -0.05) is 0 Å². The van der Waals surface area contributed by atoms with E-state index in [0.717, 1.165) is 23.1 Å². The second-order valence-corrected chi connectivity index (χ2v) is 7.93. The quantitative estimate of drug-likeness (QED) is 0.703. The van der Waals surface area contributed by atoms with Crippen LogP contribution < -0.4 is 15.0 Å². The normalized spacial score (nSPS) is 17.2. The molecule has 0 saturated carbocycles.